The van der Waals surface area contributed by atoms with Gasteiger partial charge in [0.15, 0.2) is 0 Å². The van der Waals surface area contributed by atoms with Crippen molar-refractivity contribution in [3.05, 3.63) is 118 Å². The first-order valence-corrected chi connectivity index (χ1v) is 11.0. The highest BCUT2D eigenvalue weighted by Crippen LogP contribution is 2.33. The summed E-state index contributed by atoms with van der Waals surface area (Å²) in [5.74, 6) is -0.272. The number of nitrogens with zero attached hydrogens (tertiary/aromatic N) is 2. The van der Waals surface area contributed by atoms with E-state index in [0.717, 1.165) is 16.7 Å². The van der Waals surface area contributed by atoms with E-state index in [-0.39, 0.29) is 5.57 Å². The monoisotopic (exact) mass is 448 g/mol. The number of hydrogen-bond acceptors (Lipinski definition) is 4. The first kappa shape index (κ1) is 22.8. The van der Waals surface area contributed by atoms with Crippen molar-refractivity contribution in [3.63, 3.8) is 0 Å². The largest absolute Gasteiger partial charge is 0.489 e. The van der Waals surface area contributed by atoms with Crippen LogP contribution in [-0.2, 0) is 16.2 Å². The van der Waals surface area contributed by atoms with Gasteiger partial charge in [0.1, 0.15) is 24.0 Å². The number of carbonyl (C=O) groups excluding carboxylic acids is 2. The molecule has 4 rings (SSSR count). The lowest BCUT2D eigenvalue weighted by molar-refractivity contribution is -0.143. The van der Waals surface area contributed by atoms with Gasteiger partial charge >= 0.3 is 0 Å². The number of imide groups is 1. The Kier molecular flexibility index (Phi) is 6.70. The Labute approximate surface area is 199 Å². The molecule has 3 aromatic rings. The number of amides is 2. The Morgan fingerprint density at radius 3 is 2.15 bits per heavy atom. The minimum absolute atomic E-state index is 0.0172. The molecule has 0 spiro atoms. The fourth-order valence-electron chi connectivity index (χ4n) is 3.90. The van der Waals surface area contributed by atoms with Crippen molar-refractivity contribution in [2.24, 2.45) is 0 Å². The minimum atomic E-state index is -0.567. The zero-order valence-electron chi connectivity index (χ0n) is 19.1. The molecule has 1 aliphatic rings. The van der Waals surface area contributed by atoms with Crippen molar-refractivity contribution < 1.29 is 14.3 Å². The average Bonchev–Trinajstić information content (AvgIpc) is 2.87. The summed E-state index contributed by atoms with van der Waals surface area (Å²) in [7, 11) is 0. The van der Waals surface area contributed by atoms with Crippen LogP contribution >= 0.6 is 0 Å². The number of nitriles is 1. The van der Waals surface area contributed by atoms with E-state index in [0.29, 0.717) is 23.5 Å². The topological polar surface area (TPSA) is 70.4 Å². The SMILES string of the molecule is CC1=C(C#N)C(=O)N(C(C)c2ccccc2)C(=O)/C1=C/c1ccc(OCc2ccccc2)cc1. The van der Waals surface area contributed by atoms with E-state index in [1.165, 1.54) is 4.90 Å². The molecule has 0 aliphatic carbocycles. The van der Waals surface area contributed by atoms with Gasteiger partial charge in [-0.3, -0.25) is 14.5 Å². The standard InChI is InChI=1S/C29H24N2O3/c1-20-26(17-22-13-15-25(16-14-22)34-19-23-9-5-3-6-10-23)28(32)31(29(33)27(20)18-30)21(2)24-11-7-4-8-12-24/h3-17,21H,19H2,1-2H3/b26-17+. The summed E-state index contributed by atoms with van der Waals surface area (Å²) in [5.41, 5.74) is 3.37. The van der Waals surface area contributed by atoms with Gasteiger partial charge in [0.2, 0.25) is 0 Å². The number of benzene rings is 3. The lowest BCUT2D eigenvalue weighted by Gasteiger charge is -2.32. The van der Waals surface area contributed by atoms with Crippen LogP contribution in [0, 0.1) is 11.3 Å². The first-order chi connectivity index (χ1) is 16.5. The number of hydrogen-bond donors (Lipinski definition) is 0. The predicted molar refractivity (Wildman–Crippen MR) is 130 cm³/mol. The zero-order chi connectivity index (χ0) is 24.1. The quantitative estimate of drug-likeness (QED) is 0.363. The van der Waals surface area contributed by atoms with E-state index in [9.17, 15) is 14.9 Å². The maximum absolute atomic E-state index is 13.4. The third-order valence-corrected chi connectivity index (χ3v) is 5.88. The van der Waals surface area contributed by atoms with Gasteiger partial charge in [-0.05, 0) is 54.3 Å². The molecule has 1 atom stereocenters. The van der Waals surface area contributed by atoms with Gasteiger partial charge in [0.05, 0.1) is 6.04 Å². The van der Waals surface area contributed by atoms with Crippen molar-refractivity contribution in [1.82, 2.24) is 4.90 Å². The Bertz CT molecular complexity index is 1300. The molecule has 34 heavy (non-hydrogen) atoms. The molecule has 1 heterocycles. The highest BCUT2D eigenvalue weighted by molar-refractivity contribution is 6.19. The van der Waals surface area contributed by atoms with Crippen molar-refractivity contribution in [1.29, 1.82) is 5.26 Å². The van der Waals surface area contributed by atoms with Crippen molar-refractivity contribution >= 4 is 17.9 Å². The third-order valence-electron chi connectivity index (χ3n) is 5.88. The van der Waals surface area contributed by atoms with E-state index in [1.54, 1.807) is 19.9 Å². The van der Waals surface area contributed by atoms with Crippen LogP contribution in [-0.4, -0.2) is 16.7 Å². The molecular formula is C29H24N2O3. The molecule has 0 fully saturated rings. The summed E-state index contributed by atoms with van der Waals surface area (Å²) in [4.78, 5) is 27.6. The lowest BCUT2D eigenvalue weighted by atomic mass is 9.91. The maximum Gasteiger partial charge on any atom is 0.272 e. The van der Waals surface area contributed by atoms with Crippen LogP contribution in [0.5, 0.6) is 5.75 Å². The maximum atomic E-state index is 13.4. The summed E-state index contributed by atoms with van der Waals surface area (Å²) < 4.78 is 5.83. The summed E-state index contributed by atoms with van der Waals surface area (Å²) in [6.45, 7) is 3.89. The molecule has 1 unspecified atom stereocenters. The van der Waals surface area contributed by atoms with Gasteiger partial charge in [0, 0.05) is 5.57 Å². The van der Waals surface area contributed by atoms with Crippen LogP contribution in [0.15, 0.2) is 102 Å². The molecule has 2 amide bonds. The van der Waals surface area contributed by atoms with Gasteiger partial charge in [-0.25, -0.2) is 0 Å². The Morgan fingerprint density at radius 1 is 0.912 bits per heavy atom. The van der Waals surface area contributed by atoms with Gasteiger partial charge in [0.25, 0.3) is 11.8 Å². The molecule has 0 radical (unpaired) electrons. The van der Waals surface area contributed by atoms with Gasteiger partial charge < -0.3 is 4.74 Å². The minimum Gasteiger partial charge on any atom is -0.489 e. The van der Waals surface area contributed by atoms with E-state index in [4.69, 9.17) is 4.74 Å². The van der Waals surface area contributed by atoms with Crippen LogP contribution in [0.4, 0.5) is 0 Å². The Hall–Kier alpha value is -4.43. The Balaban J connectivity index is 1.61. The summed E-state index contributed by atoms with van der Waals surface area (Å²) in [5, 5.41) is 9.65. The fraction of sp³-hybridized carbons (Fsp3) is 0.138. The molecule has 5 heteroatoms. The molecule has 0 aromatic heterocycles. The van der Waals surface area contributed by atoms with E-state index < -0.39 is 17.9 Å². The van der Waals surface area contributed by atoms with Crippen LogP contribution < -0.4 is 4.74 Å². The molecule has 0 saturated carbocycles. The molecule has 1 aliphatic heterocycles. The zero-order valence-corrected chi connectivity index (χ0v) is 19.1. The van der Waals surface area contributed by atoms with Crippen molar-refractivity contribution in [2.45, 2.75) is 26.5 Å². The molecule has 0 N–H and O–H groups in total. The van der Waals surface area contributed by atoms with E-state index in [2.05, 4.69) is 0 Å². The van der Waals surface area contributed by atoms with Gasteiger partial charge in [-0.15, -0.1) is 0 Å². The molecule has 5 nitrogen and oxygen atoms in total. The fourth-order valence-corrected chi connectivity index (χ4v) is 3.90. The van der Waals surface area contributed by atoms with Crippen LogP contribution in [0.25, 0.3) is 6.08 Å². The van der Waals surface area contributed by atoms with E-state index >= 15 is 0 Å². The van der Waals surface area contributed by atoms with Crippen molar-refractivity contribution in [2.75, 3.05) is 0 Å². The van der Waals surface area contributed by atoms with Crippen molar-refractivity contribution in [3.8, 4) is 11.8 Å². The average molecular weight is 449 g/mol. The summed E-state index contributed by atoms with van der Waals surface area (Å²) in [6.07, 6.45) is 1.72. The molecule has 0 saturated heterocycles. The third kappa shape index (κ3) is 4.67. The normalized spacial score (nSPS) is 15.9. The van der Waals surface area contributed by atoms with Gasteiger partial charge in [-0.2, -0.15) is 5.26 Å². The van der Waals surface area contributed by atoms with Crippen LogP contribution in [0.3, 0.4) is 0 Å². The van der Waals surface area contributed by atoms with E-state index in [1.807, 2.05) is 91.0 Å². The molecular weight excluding hydrogens is 424 g/mol. The smallest absolute Gasteiger partial charge is 0.272 e. The van der Waals surface area contributed by atoms with Crippen LogP contribution in [0.2, 0.25) is 0 Å². The lowest BCUT2D eigenvalue weighted by Crippen LogP contribution is -2.44. The predicted octanol–water partition coefficient (Wildman–Crippen LogP) is 5.62. The summed E-state index contributed by atoms with van der Waals surface area (Å²) >= 11 is 0. The molecule has 0 bridgehead atoms. The first-order valence-electron chi connectivity index (χ1n) is 11.0. The van der Waals surface area contributed by atoms with Gasteiger partial charge in [-0.1, -0.05) is 72.8 Å². The Morgan fingerprint density at radius 2 is 1.53 bits per heavy atom. The highest BCUT2D eigenvalue weighted by Gasteiger charge is 2.38. The second kappa shape index (κ2) is 10.0. The van der Waals surface area contributed by atoms with Crippen LogP contribution in [0.1, 0.15) is 36.6 Å². The molecule has 3 aromatic carbocycles. The number of carbonyl (C=O) groups is 2. The second-order valence-corrected chi connectivity index (χ2v) is 8.08. The summed E-state index contributed by atoms with van der Waals surface area (Å²) in [6, 6.07) is 28.1. The number of rotatable bonds is 6. The molecule has 168 valence electrons. The second-order valence-electron chi connectivity index (χ2n) is 8.08. The highest BCUT2D eigenvalue weighted by atomic mass is 16.5. The number of ether oxygens (including phenoxy) is 1.